The van der Waals surface area contributed by atoms with Crippen molar-refractivity contribution in [3.05, 3.63) is 0 Å². The highest BCUT2D eigenvalue weighted by atomic mass is 16.2. The molecule has 7 saturated carbocycles. The lowest BCUT2D eigenvalue weighted by Gasteiger charge is -2.52. The smallest absolute Gasteiger partial charge is 0.226 e. The normalized spacial score (nSPS) is 50.9. The van der Waals surface area contributed by atoms with Crippen LogP contribution in [0.15, 0.2) is 0 Å². The van der Waals surface area contributed by atoms with Crippen LogP contribution in [0.4, 0.5) is 0 Å². The highest BCUT2D eigenvalue weighted by Gasteiger charge is 2.56. The fourth-order valence-corrected chi connectivity index (χ4v) is 8.35. The SMILES string of the molecule is O=C(NC1CC2CCC1C2)C12CCC(C(=O)NC3CC4CCC3C4)(CC1)CC2. The molecular formula is C24H36N2O2. The fraction of sp³-hybridized carbons (Fsp3) is 0.917. The maximum absolute atomic E-state index is 13.2. The summed E-state index contributed by atoms with van der Waals surface area (Å²) in [5, 5.41) is 6.95. The van der Waals surface area contributed by atoms with Gasteiger partial charge in [-0.2, -0.15) is 0 Å². The molecule has 6 unspecified atom stereocenters. The van der Waals surface area contributed by atoms with Crippen LogP contribution in [0.2, 0.25) is 0 Å². The molecule has 6 atom stereocenters. The molecule has 0 aromatic rings. The van der Waals surface area contributed by atoms with Gasteiger partial charge in [0.2, 0.25) is 11.8 Å². The summed E-state index contributed by atoms with van der Waals surface area (Å²) < 4.78 is 0. The van der Waals surface area contributed by atoms with E-state index < -0.39 is 0 Å². The number of hydrogen-bond acceptors (Lipinski definition) is 2. The van der Waals surface area contributed by atoms with Crippen molar-refractivity contribution in [2.75, 3.05) is 0 Å². The number of rotatable bonds is 4. The molecular weight excluding hydrogens is 348 g/mol. The third kappa shape index (κ3) is 2.61. The van der Waals surface area contributed by atoms with Crippen molar-refractivity contribution in [1.82, 2.24) is 10.6 Å². The number of nitrogens with one attached hydrogen (secondary N) is 2. The Bertz CT molecular complexity index is 606. The Morgan fingerprint density at radius 2 is 0.964 bits per heavy atom. The third-order valence-corrected chi connectivity index (χ3v) is 10.3. The van der Waals surface area contributed by atoms with E-state index in [1.165, 1.54) is 51.4 Å². The minimum Gasteiger partial charge on any atom is -0.353 e. The quantitative estimate of drug-likeness (QED) is 0.771. The third-order valence-electron chi connectivity index (χ3n) is 10.3. The maximum atomic E-state index is 13.2. The van der Waals surface area contributed by atoms with Gasteiger partial charge in [-0.15, -0.1) is 0 Å². The Balaban J connectivity index is 1.08. The number of amides is 2. The van der Waals surface area contributed by atoms with Crippen molar-refractivity contribution >= 4 is 11.8 Å². The van der Waals surface area contributed by atoms with E-state index in [1.54, 1.807) is 0 Å². The van der Waals surface area contributed by atoms with E-state index in [0.29, 0.717) is 23.9 Å². The number of carbonyl (C=O) groups excluding carboxylic acids is 2. The van der Waals surface area contributed by atoms with Crippen molar-refractivity contribution in [3.8, 4) is 0 Å². The molecule has 0 heterocycles. The summed E-state index contributed by atoms with van der Waals surface area (Å²) in [5.41, 5.74) is -0.341. The van der Waals surface area contributed by atoms with E-state index in [1.807, 2.05) is 0 Å². The molecule has 154 valence electrons. The van der Waals surface area contributed by atoms with Crippen molar-refractivity contribution in [2.24, 2.45) is 34.5 Å². The van der Waals surface area contributed by atoms with Gasteiger partial charge in [-0.05, 0) is 101 Å². The van der Waals surface area contributed by atoms with E-state index in [2.05, 4.69) is 10.6 Å². The summed E-state index contributed by atoms with van der Waals surface area (Å²) in [5.74, 6) is 3.87. The van der Waals surface area contributed by atoms with E-state index in [0.717, 1.165) is 62.2 Å². The van der Waals surface area contributed by atoms with Crippen LogP contribution in [0.3, 0.4) is 0 Å². The Morgan fingerprint density at radius 1 is 0.571 bits per heavy atom. The van der Waals surface area contributed by atoms with Gasteiger partial charge in [0, 0.05) is 22.9 Å². The summed E-state index contributed by atoms with van der Waals surface area (Å²) in [6.07, 6.45) is 16.0. The Kier molecular flexibility index (Phi) is 3.95. The first kappa shape index (κ1) is 17.8. The lowest BCUT2D eigenvalue weighted by molar-refractivity contribution is -0.152. The number of hydrogen-bond donors (Lipinski definition) is 2. The van der Waals surface area contributed by atoms with Crippen molar-refractivity contribution < 1.29 is 9.59 Å². The van der Waals surface area contributed by atoms with Crippen LogP contribution in [0.1, 0.15) is 89.9 Å². The lowest BCUT2D eigenvalue weighted by atomic mass is 9.53. The number of carbonyl (C=O) groups is 2. The second-order valence-corrected chi connectivity index (χ2v) is 11.6. The zero-order valence-corrected chi connectivity index (χ0v) is 17.2. The molecule has 7 rings (SSSR count). The van der Waals surface area contributed by atoms with Gasteiger partial charge in [-0.25, -0.2) is 0 Å². The molecule has 7 aliphatic rings. The summed E-state index contributed by atoms with van der Waals surface area (Å²) >= 11 is 0. The highest BCUT2D eigenvalue weighted by molar-refractivity contribution is 5.87. The first-order chi connectivity index (χ1) is 13.6. The zero-order chi connectivity index (χ0) is 18.9. The van der Waals surface area contributed by atoms with E-state index in [9.17, 15) is 9.59 Å². The molecule has 7 aliphatic carbocycles. The van der Waals surface area contributed by atoms with Crippen LogP contribution in [-0.4, -0.2) is 23.9 Å². The second-order valence-electron chi connectivity index (χ2n) is 11.6. The predicted molar refractivity (Wildman–Crippen MR) is 107 cm³/mol. The molecule has 0 aromatic carbocycles. The molecule has 4 heteroatoms. The summed E-state index contributed by atoms with van der Waals surface area (Å²) in [7, 11) is 0. The average Bonchev–Trinajstić information content (AvgIpc) is 3.51. The van der Waals surface area contributed by atoms with Crippen LogP contribution in [0, 0.1) is 34.5 Å². The largest absolute Gasteiger partial charge is 0.353 e. The van der Waals surface area contributed by atoms with Crippen LogP contribution in [0.25, 0.3) is 0 Å². The molecule has 0 saturated heterocycles. The van der Waals surface area contributed by atoms with Gasteiger partial charge in [0.05, 0.1) is 0 Å². The van der Waals surface area contributed by atoms with Crippen LogP contribution in [0.5, 0.6) is 0 Å². The first-order valence-corrected chi connectivity index (χ1v) is 12.2. The van der Waals surface area contributed by atoms with Crippen molar-refractivity contribution in [1.29, 1.82) is 0 Å². The van der Waals surface area contributed by atoms with Gasteiger partial charge in [-0.1, -0.05) is 12.8 Å². The average molecular weight is 385 g/mol. The van der Waals surface area contributed by atoms with E-state index in [-0.39, 0.29) is 10.8 Å². The van der Waals surface area contributed by atoms with Gasteiger partial charge in [0.15, 0.2) is 0 Å². The lowest BCUT2D eigenvalue weighted by Crippen LogP contribution is -2.57. The molecule has 28 heavy (non-hydrogen) atoms. The van der Waals surface area contributed by atoms with Gasteiger partial charge >= 0.3 is 0 Å². The standard InChI is InChI=1S/C24H36N2O2/c27-21(25-19-13-15-1-3-17(19)11-15)23-5-8-24(9-6-23,10-7-23)22(28)26-20-14-16-2-4-18(20)12-16/h15-20H,1-14H2,(H,25,27)(H,26,28). The Hall–Kier alpha value is -1.06. The van der Waals surface area contributed by atoms with E-state index in [4.69, 9.17) is 0 Å². The zero-order valence-electron chi connectivity index (χ0n) is 17.2. The fourth-order valence-electron chi connectivity index (χ4n) is 8.35. The first-order valence-electron chi connectivity index (χ1n) is 12.2. The minimum absolute atomic E-state index is 0.170. The number of fused-ring (bicyclic) bond motifs is 7. The van der Waals surface area contributed by atoms with Crippen molar-refractivity contribution in [3.63, 3.8) is 0 Å². The summed E-state index contributed by atoms with van der Waals surface area (Å²) in [4.78, 5) is 26.5. The van der Waals surface area contributed by atoms with Gasteiger partial charge < -0.3 is 10.6 Å². The summed E-state index contributed by atoms with van der Waals surface area (Å²) in [6, 6.07) is 0.880. The molecule has 4 nitrogen and oxygen atoms in total. The molecule has 0 radical (unpaired) electrons. The van der Waals surface area contributed by atoms with Gasteiger partial charge in [0.25, 0.3) is 0 Å². The van der Waals surface area contributed by atoms with Crippen molar-refractivity contribution in [2.45, 2.75) is 102 Å². The second kappa shape index (κ2) is 6.22. The molecule has 7 fully saturated rings. The van der Waals surface area contributed by atoms with Crippen LogP contribution < -0.4 is 10.6 Å². The maximum Gasteiger partial charge on any atom is 0.226 e. The minimum atomic E-state index is -0.170. The molecule has 2 amide bonds. The summed E-state index contributed by atoms with van der Waals surface area (Å²) in [6.45, 7) is 0. The Labute approximate surface area is 169 Å². The molecule has 0 aromatic heterocycles. The predicted octanol–water partition coefficient (Wildman–Crippen LogP) is 3.94. The van der Waals surface area contributed by atoms with Gasteiger partial charge in [-0.3, -0.25) is 9.59 Å². The molecule has 2 N–H and O–H groups in total. The van der Waals surface area contributed by atoms with Gasteiger partial charge in [0.1, 0.15) is 0 Å². The Morgan fingerprint density at radius 3 is 1.25 bits per heavy atom. The topological polar surface area (TPSA) is 58.2 Å². The van der Waals surface area contributed by atoms with Crippen LogP contribution >= 0.6 is 0 Å². The van der Waals surface area contributed by atoms with E-state index >= 15 is 0 Å². The highest BCUT2D eigenvalue weighted by Crippen LogP contribution is 2.58. The molecule has 0 spiro atoms. The molecule has 0 aliphatic heterocycles. The monoisotopic (exact) mass is 384 g/mol. The molecule has 6 bridgehead atoms. The van der Waals surface area contributed by atoms with Crippen LogP contribution in [-0.2, 0) is 9.59 Å².